The van der Waals surface area contributed by atoms with Crippen molar-refractivity contribution in [3.05, 3.63) is 53.6 Å². The summed E-state index contributed by atoms with van der Waals surface area (Å²) >= 11 is 0. The maximum absolute atomic E-state index is 11.8. The average molecular weight is 437 g/mol. The third-order valence-electron chi connectivity index (χ3n) is 6.81. The zero-order valence-electron chi connectivity index (χ0n) is 19.4. The second-order valence-electron chi connectivity index (χ2n) is 9.80. The van der Waals surface area contributed by atoms with Gasteiger partial charge in [-0.05, 0) is 52.6 Å². The number of esters is 1. The summed E-state index contributed by atoms with van der Waals surface area (Å²) in [5.74, 6) is 1.59. The van der Waals surface area contributed by atoms with Crippen LogP contribution in [0, 0.1) is 5.92 Å². The summed E-state index contributed by atoms with van der Waals surface area (Å²) in [4.78, 5) is 11.8. The molecular formula is C28H36O4. The van der Waals surface area contributed by atoms with Crippen molar-refractivity contribution in [3.63, 3.8) is 0 Å². The molecule has 1 N–H and O–H groups in total. The van der Waals surface area contributed by atoms with E-state index in [2.05, 4.69) is 50.2 Å². The summed E-state index contributed by atoms with van der Waals surface area (Å²) < 4.78 is 11.8. The molecule has 172 valence electrons. The van der Waals surface area contributed by atoms with Gasteiger partial charge in [-0.15, -0.1) is 0 Å². The lowest BCUT2D eigenvalue weighted by atomic mass is 9.83. The fraction of sp³-hybridized carbons (Fsp3) is 0.536. The largest absolute Gasteiger partial charge is 0.489 e. The van der Waals surface area contributed by atoms with Crippen LogP contribution >= 0.6 is 0 Å². The highest BCUT2D eigenvalue weighted by Gasteiger charge is 2.29. The lowest BCUT2D eigenvalue weighted by Gasteiger charge is -2.28. The van der Waals surface area contributed by atoms with Gasteiger partial charge >= 0.3 is 5.97 Å². The molecule has 0 amide bonds. The molecule has 1 heterocycles. The van der Waals surface area contributed by atoms with Crippen molar-refractivity contribution in [2.45, 2.75) is 83.3 Å². The van der Waals surface area contributed by atoms with E-state index in [4.69, 9.17) is 9.47 Å². The monoisotopic (exact) mass is 436 g/mol. The van der Waals surface area contributed by atoms with Crippen LogP contribution in [0.5, 0.6) is 5.75 Å². The van der Waals surface area contributed by atoms with Gasteiger partial charge < -0.3 is 14.6 Å². The molecule has 1 aliphatic carbocycles. The molecule has 4 rings (SSSR count). The molecule has 2 aromatic rings. The van der Waals surface area contributed by atoms with Gasteiger partial charge in [0.2, 0.25) is 0 Å². The number of hydrogen-bond acceptors (Lipinski definition) is 4. The number of cyclic esters (lactones) is 1. The van der Waals surface area contributed by atoms with Crippen LogP contribution in [0.1, 0.15) is 75.8 Å². The molecule has 0 bridgehead atoms. The number of hydrogen-bond donors (Lipinski definition) is 1. The molecular weight excluding hydrogens is 400 g/mol. The van der Waals surface area contributed by atoms with Crippen LogP contribution in [-0.4, -0.2) is 29.9 Å². The normalized spacial score (nSPS) is 22.1. The highest BCUT2D eigenvalue weighted by atomic mass is 16.6. The summed E-state index contributed by atoms with van der Waals surface area (Å²) in [7, 11) is 0. The molecule has 2 aromatic carbocycles. The Hall–Kier alpha value is -2.33. The summed E-state index contributed by atoms with van der Waals surface area (Å²) in [5, 5.41) is 9.97. The predicted molar refractivity (Wildman–Crippen MR) is 127 cm³/mol. The van der Waals surface area contributed by atoms with Gasteiger partial charge in [0, 0.05) is 6.42 Å². The van der Waals surface area contributed by atoms with Gasteiger partial charge in [0.25, 0.3) is 0 Å². The number of benzene rings is 2. The van der Waals surface area contributed by atoms with E-state index in [1.165, 1.54) is 54.4 Å². The van der Waals surface area contributed by atoms with Gasteiger partial charge in [0.15, 0.2) is 0 Å². The molecule has 4 nitrogen and oxygen atoms in total. The third kappa shape index (κ3) is 5.72. The van der Waals surface area contributed by atoms with Crippen LogP contribution < -0.4 is 4.74 Å². The number of aliphatic hydroxyl groups is 1. The minimum atomic E-state index is -0.642. The molecule has 32 heavy (non-hydrogen) atoms. The van der Waals surface area contributed by atoms with Crippen molar-refractivity contribution in [2.75, 3.05) is 6.61 Å². The molecule has 0 radical (unpaired) electrons. The standard InChI is InChI=1S/C28H36O4/c1-19(2)26-15-22(21-11-7-4-8-12-21)14-23(13-20-9-5-3-6-10-20)28(26)31-18-25-16-24(29)17-27(30)32-25/h4,7-8,11-12,14-15,19-20,24-25,29H,3,5-6,9-10,13,16-18H2,1-2H3/t24-,25+/m1/s1. The van der Waals surface area contributed by atoms with E-state index >= 15 is 0 Å². The fourth-order valence-electron chi connectivity index (χ4n) is 5.11. The Labute approximate surface area is 191 Å². The molecule has 1 saturated carbocycles. The Balaban J connectivity index is 1.65. The average Bonchev–Trinajstić information content (AvgIpc) is 2.78. The smallest absolute Gasteiger partial charge is 0.308 e. The minimum Gasteiger partial charge on any atom is -0.489 e. The molecule has 1 saturated heterocycles. The Morgan fingerprint density at radius 1 is 1.06 bits per heavy atom. The number of aliphatic hydroxyl groups excluding tert-OH is 1. The van der Waals surface area contributed by atoms with Crippen molar-refractivity contribution < 1.29 is 19.4 Å². The van der Waals surface area contributed by atoms with Crippen molar-refractivity contribution in [3.8, 4) is 16.9 Å². The first-order valence-electron chi connectivity index (χ1n) is 12.2. The van der Waals surface area contributed by atoms with Gasteiger partial charge in [-0.2, -0.15) is 0 Å². The lowest BCUT2D eigenvalue weighted by molar-refractivity contribution is -0.162. The quantitative estimate of drug-likeness (QED) is 0.537. The Kier molecular flexibility index (Phi) is 7.51. The predicted octanol–water partition coefficient (Wildman–Crippen LogP) is 6.05. The van der Waals surface area contributed by atoms with E-state index in [1.807, 2.05) is 6.07 Å². The third-order valence-corrected chi connectivity index (χ3v) is 6.81. The van der Waals surface area contributed by atoms with Gasteiger partial charge in [-0.25, -0.2) is 0 Å². The van der Waals surface area contributed by atoms with Gasteiger partial charge in [-0.3, -0.25) is 4.79 Å². The molecule has 2 fully saturated rings. The Bertz CT molecular complexity index is 899. The van der Waals surface area contributed by atoms with Crippen molar-refractivity contribution in [2.24, 2.45) is 5.92 Å². The highest BCUT2D eigenvalue weighted by molar-refractivity contribution is 5.71. The molecule has 0 aromatic heterocycles. The summed E-state index contributed by atoms with van der Waals surface area (Å²) in [6.45, 7) is 4.68. The zero-order valence-corrected chi connectivity index (χ0v) is 19.4. The van der Waals surface area contributed by atoms with E-state index in [0.29, 0.717) is 18.3 Å². The molecule has 4 heteroatoms. The first-order valence-corrected chi connectivity index (χ1v) is 12.2. The first kappa shape index (κ1) is 22.8. The SMILES string of the molecule is CC(C)c1cc(-c2ccccc2)cc(CC2CCCCC2)c1OC[C@@H]1C[C@@H](O)CC(=O)O1. The van der Waals surface area contributed by atoms with Crippen molar-refractivity contribution in [1.29, 1.82) is 0 Å². The van der Waals surface area contributed by atoms with E-state index < -0.39 is 12.2 Å². The van der Waals surface area contributed by atoms with Crippen LogP contribution in [-0.2, 0) is 16.0 Å². The van der Waals surface area contributed by atoms with E-state index in [1.54, 1.807) is 0 Å². The first-order chi connectivity index (χ1) is 15.5. The Morgan fingerprint density at radius 2 is 1.81 bits per heavy atom. The second-order valence-corrected chi connectivity index (χ2v) is 9.80. The van der Waals surface area contributed by atoms with Gasteiger partial charge in [0.05, 0.1) is 12.5 Å². The van der Waals surface area contributed by atoms with Gasteiger partial charge in [-0.1, -0.05) is 76.3 Å². The number of carbonyl (C=O) groups excluding carboxylic acids is 1. The minimum absolute atomic E-state index is 0.0758. The van der Waals surface area contributed by atoms with Crippen LogP contribution in [0.4, 0.5) is 0 Å². The molecule has 1 aliphatic heterocycles. The van der Waals surface area contributed by atoms with Crippen molar-refractivity contribution in [1.82, 2.24) is 0 Å². The fourth-order valence-corrected chi connectivity index (χ4v) is 5.11. The number of carbonyl (C=O) groups is 1. The van der Waals surface area contributed by atoms with Crippen LogP contribution in [0.2, 0.25) is 0 Å². The summed E-state index contributed by atoms with van der Waals surface area (Å²) in [6.07, 6.45) is 7.00. The summed E-state index contributed by atoms with van der Waals surface area (Å²) in [6, 6.07) is 15.1. The number of ether oxygens (including phenoxy) is 2. The van der Waals surface area contributed by atoms with E-state index in [9.17, 15) is 9.90 Å². The van der Waals surface area contributed by atoms with Crippen LogP contribution in [0.25, 0.3) is 11.1 Å². The maximum atomic E-state index is 11.8. The van der Waals surface area contributed by atoms with Gasteiger partial charge in [0.1, 0.15) is 18.5 Å². The van der Waals surface area contributed by atoms with Crippen LogP contribution in [0.3, 0.4) is 0 Å². The molecule has 0 unspecified atom stereocenters. The molecule has 0 spiro atoms. The Morgan fingerprint density at radius 3 is 2.50 bits per heavy atom. The zero-order chi connectivity index (χ0) is 22.5. The second kappa shape index (κ2) is 10.5. The number of rotatable bonds is 7. The lowest BCUT2D eigenvalue weighted by Crippen LogP contribution is -2.36. The van der Waals surface area contributed by atoms with E-state index in [-0.39, 0.29) is 19.0 Å². The highest BCUT2D eigenvalue weighted by Crippen LogP contribution is 2.39. The maximum Gasteiger partial charge on any atom is 0.308 e. The van der Waals surface area contributed by atoms with Crippen LogP contribution in [0.15, 0.2) is 42.5 Å². The topological polar surface area (TPSA) is 55.8 Å². The van der Waals surface area contributed by atoms with E-state index in [0.717, 1.165) is 12.2 Å². The van der Waals surface area contributed by atoms with Crippen molar-refractivity contribution >= 4 is 5.97 Å². The molecule has 2 atom stereocenters. The summed E-state index contributed by atoms with van der Waals surface area (Å²) in [5.41, 5.74) is 4.90. The molecule has 2 aliphatic rings.